The molecule has 24 heavy (non-hydrogen) atoms. The fraction of sp³-hybridized carbons (Fsp3) is 0.368. The molecule has 1 saturated heterocycles. The molecule has 0 saturated carbocycles. The number of nitrogens with zero attached hydrogens (tertiary/aromatic N) is 3. The summed E-state index contributed by atoms with van der Waals surface area (Å²) in [5.74, 6) is 2.05. The van der Waals surface area contributed by atoms with E-state index < -0.39 is 0 Å². The Morgan fingerprint density at radius 1 is 1.08 bits per heavy atom. The van der Waals surface area contributed by atoms with Gasteiger partial charge in [0.1, 0.15) is 5.69 Å². The van der Waals surface area contributed by atoms with Crippen molar-refractivity contribution in [2.75, 3.05) is 20.1 Å². The first-order valence-electron chi connectivity index (χ1n) is 8.54. The number of piperidine rings is 1. The summed E-state index contributed by atoms with van der Waals surface area (Å²) in [4.78, 5) is 10.3. The number of likely N-dealkylation sites (tertiary alicyclic amines) is 1. The first-order valence-corrected chi connectivity index (χ1v) is 8.54. The van der Waals surface area contributed by atoms with Crippen LogP contribution in [0.2, 0.25) is 0 Å². The normalized spacial score (nSPS) is 16.5. The van der Waals surface area contributed by atoms with Gasteiger partial charge in [0.25, 0.3) is 5.89 Å². The minimum absolute atomic E-state index is 0.570. The van der Waals surface area contributed by atoms with Gasteiger partial charge in [0, 0.05) is 12.1 Å². The van der Waals surface area contributed by atoms with Crippen LogP contribution in [0, 0.1) is 5.92 Å². The number of benzene rings is 1. The largest absolute Gasteiger partial charge is 0.351 e. The van der Waals surface area contributed by atoms with E-state index in [1.165, 1.54) is 12.8 Å². The molecule has 3 aromatic rings. The standard InChI is InChI=1S/C19H22N4O/c1-23-11-9-14(10-12-23)13-18-21-19(24-22-18)17-8-7-16(20-17)15-5-3-2-4-6-15/h2-8,14,20H,9-13H2,1H3. The summed E-state index contributed by atoms with van der Waals surface area (Å²) < 4.78 is 5.46. The molecule has 5 heteroatoms. The Morgan fingerprint density at radius 2 is 1.83 bits per heavy atom. The quantitative estimate of drug-likeness (QED) is 0.797. The third kappa shape index (κ3) is 3.26. The molecule has 4 rings (SSSR count). The highest BCUT2D eigenvalue weighted by molar-refractivity contribution is 5.64. The van der Waals surface area contributed by atoms with Crippen molar-refractivity contribution in [1.29, 1.82) is 0 Å². The van der Waals surface area contributed by atoms with Gasteiger partial charge in [0.2, 0.25) is 0 Å². The van der Waals surface area contributed by atoms with Gasteiger partial charge in [-0.2, -0.15) is 4.98 Å². The van der Waals surface area contributed by atoms with Gasteiger partial charge in [-0.1, -0.05) is 35.5 Å². The van der Waals surface area contributed by atoms with Gasteiger partial charge in [-0.15, -0.1) is 0 Å². The molecule has 3 heterocycles. The minimum atomic E-state index is 0.570. The molecule has 1 aliphatic heterocycles. The van der Waals surface area contributed by atoms with Crippen LogP contribution in [0.3, 0.4) is 0 Å². The molecule has 0 aliphatic carbocycles. The maximum absolute atomic E-state index is 5.46. The van der Waals surface area contributed by atoms with Crippen LogP contribution in [-0.2, 0) is 6.42 Å². The van der Waals surface area contributed by atoms with E-state index in [4.69, 9.17) is 4.52 Å². The number of hydrogen-bond donors (Lipinski definition) is 1. The number of aromatic nitrogens is 3. The summed E-state index contributed by atoms with van der Waals surface area (Å²) in [6, 6.07) is 14.3. The zero-order valence-electron chi connectivity index (χ0n) is 13.9. The number of rotatable bonds is 4. The van der Waals surface area contributed by atoms with E-state index in [1.54, 1.807) is 0 Å². The predicted molar refractivity (Wildman–Crippen MR) is 93.4 cm³/mol. The van der Waals surface area contributed by atoms with Crippen LogP contribution >= 0.6 is 0 Å². The van der Waals surface area contributed by atoms with Crippen LogP contribution in [0.4, 0.5) is 0 Å². The maximum atomic E-state index is 5.46. The van der Waals surface area contributed by atoms with E-state index in [0.29, 0.717) is 11.8 Å². The van der Waals surface area contributed by atoms with Crippen molar-refractivity contribution >= 4 is 0 Å². The molecule has 0 radical (unpaired) electrons. The molecule has 1 fully saturated rings. The third-order valence-electron chi connectivity index (χ3n) is 4.78. The second-order valence-electron chi connectivity index (χ2n) is 6.62. The monoisotopic (exact) mass is 322 g/mol. The van der Waals surface area contributed by atoms with Crippen LogP contribution < -0.4 is 0 Å². The fourth-order valence-electron chi connectivity index (χ4n) is 3.28. The van der Waals surface area contributed by atoms with Crippen LogP contribution in [0.15, 0.2) is 47.0 Å². The van der Waals surface area contributed by atoms with Crippen LogP contribution in [0.25, 0.3) is 22.8 Å². The number of aromatic amines is 1. The first-order chi connectivity index (χ1) is 11.8. The summed E-state index contributed by atoms with van der Waals surface area (Å²) in [5, 5.41) is 4.17. The number of H-pyrrole nitrogens is 1. The average Bonchev–Trinajstić information content (AvgIpc) is 3.27. The van der Waals surface area contributed by atoms with Gasteiger partial charge in [0.05, 0.1) is 0 Å². The summed E-state index contributed by atoms with van der Waals surface area (Å²) in [6.45, 7) is 2.32. The van der Waals surface area contributed by atoms with E-state index in [1.807, 2.05) is 30.3 Å². The van der Waals surface area contributed by atoms with Crippen molar-refractivity contribution in [3.05, 3.63) is 48.3 Å². The molecule has 0 bridgehead atoms. The Morgan fingerprint density at radius 3 is 2.62 bits per heavy atom. The SMILES string of the molecule is CN1CCC(Cc2noc(-c3ccc(-c4ccccc4)[nH]3)n2)CC1. The number of nitrogens with one attached hydrogen (secondary N) is 1. The molecule has 1 N–H and O–H groups in total. The topological polar surface area (TPSA) is 58.0 Å². The van der Waals surface area contributed by atoms with Crippen molar-refractivity contribution in [2.45, 2.75) is 19.3 Å². The Bertz CT molecular complexity index is 785. The van der Waals surface area contributed by atoms with Crippen molar-refractivity contribution < 1.29 is 4.52 Å². The Labute approximate surface area is 141 Å². The molecular weight excluding hydrogens is 300 g/mol. The predicted octanol–water partition coefficient (Wildman–Crippen LogP) is 3.62. The van der Waals surface area contributed by atoms with Gasteiger partial charge < -0.3 is 14.4 Å². The Kier molecular flexibility index (Phi) is 4.17. The highest BCUT2D eigenvalue weighted by Gasteiger charge is 2.20. The molecule has 1 aliphatic rings. The van der Waals surface area contributed by atoms with E-state index in [0.717, 1.165) is 42.3 Å². The molecule has 2 aromatic heterocycles. The smallest absolute Gasteiger partial charge is 0.274 e. The second kappa shape index (κ2) is 6.61. The van der Waals surface area contributed by atoms with Crippen LogP contribution in [0.1, 0.15) is 18.7 Å². The van der Waals surface area contributed by atoms with Gasteiger partial charge in [-0.3, -0.25) is 0 Å². The van der Waals surface area contributed by atoms with Gasteiger partial charge >= 0.3 is 0 Å². The van der Waals surface area contributed by atoms with Crippen molar-refractivity contribution in [2.24, 2.45) is 5.92 Å². The molecule has 0 atom stereocenters. The summed E-state index contributed by atoms with van der Waals surface area (Å²) in [6.07, 6.45) is 3.33. The molecule has 5 nitrogen and oxygen atoms in total. The molecular formula is C19H22N4O. The lowest BCUT2D eigenvalue weighted by atomic mass is 9.94. The molecule has 0 amide bonds. The van der Waals surface area contributed by atoms with Gasteiger partial charge in [-0.25, -0.2) is 0 Å². The molecule has 0 spiro atoms. The average molecular weight is 322 g/mol. The first kappa shape index (κ1) is 15.1. The van der Waals surface area contributed by atoms with Crippen LogP contribution in [-0.4, -0.2) is 40.2 Å². The van der Waals surface area contributed by atoms with Crippen molar-refractivity contribution in [3.63, 3.8) is 0 Å². The van der Waals surface area contributed by atoms with E-state index >= 15 is 0 Å². The summed E-state index contributed by atoms with van der Waals surface area (Å²) in [7, 11) is 2.18. The fourth-order valence-corrected chi connectivity index (χ4v) is 3.28. The zero-order valence-corrected chi connectivity index (χ0v) is 13.9. The molecule has 1 aromatic carbocycles. The minimum Gasteiger partial charge on any atom is -0.351 e. The van der Waals surface area contributed by atoms with E-state index in [2.05, 4.69) is 39.2 Å². The molecule has 124 valence electrons. The van der Waals surface area contributed by atoms with Crippen molar-refractivity contribution in [1.82, 2.24) is 20.0 Å². The Hall–Kier alpha value is -2.40. The van der Waals surface area contributed by atoms with Gasteiger partial charge in [0.15, 0.2) is 5.82 Å². The zero-order chi connectivity index (χ0) is 16.4. The lowest BCUT2D eigenvalue weighted by Gasteiger charge is -2.27. The lowest BCUT2D eigenvalue weighted by molar-refractivity contribution is 0.216. The van der Waals surface area contributed by atoms with Gasteiger partial charge in [-0.05, 0) is 56.6 Å². The highest BCUT2D eigenvalue weighted by atomic mass is 16.5. The maximum Gasteiger partial charge on any atom is 0.274 e. The highest BCUT2D eigenvalue weighted by Crippen LogP contribution is 2.25. The Balaban J connectivity index is 1.46. The molecule has 0 unspecified atom stereocenters. The van der Waals surface area contributed by atoms with E-state index in [-0.39, 0.29) is 0 Å². The van der Waals surface area contributed by atoms with E-state index in [9.17, 15) is 0 Å². The number of hydrogen-bond acceptors (Lipinski definition) is 4. The summed E-state index contributed by atoms with van der Waals surface area (Å²) >= 11 is 0. The second-order valence-corrected chi connectivity index (χ2v) is 6.62. The van der Waals surface area contributed by atoms with Crippen LogP contribution in [0.5, 0.6) is 0 Å². The lowest BCUT2D eigenvalue weighted by Crippen LogP contribution is -2.31. The van der Waals surface area contributed by atoms with Crippen molar-refractivity contribution in [3.8, 4) is 22.8 Å². The summed E-state index contributed by atoms with van der Waals surface area (Å²) in [5.41, 5.74) is 3.08. The third-order valence-corrected chi connectivity index (χ3v) is 4.78.